The summed E-state index contributed by atoms with van der Waals surface area (Å²) >= 11 is 0. The minimum absolute atomic E-state index is 0. The van der Waals surface area contributed by atoms with Crippen LogP contribution in [-0.4, -0.2) is 24.7 Å². The molecule has 0 aliphatic carbocycles. The Morgan fingerprint density at radius 3 is 2.88 bits per heavy atom. The SMILES string of the molecule is CC1(NC(=O)c2cccc(N)c2)CCOC1.Cl. The van der Waals surface area contributed by atoms with Crippen LogP contribution in [0.5, 0.6) is 0 Å². The van der Waals surface area contributed by atoms with E-state index < -0.39 is 0 Å². The molecule has 1 atom stereocenters. The molecule has 3 N–H and O–H groups in total. The van der Waals surface area contributed by atoms with Crippen molar-refractivity contribution in [1.82, 2.24) is 5.32 Å². The van der Waals surface area contributed by atoms with E-state index in [4.69, 9.17) is 10.5 Å². The van der Waals surface area contributed by atoms with Crippen molar-refractivity contribution in [2.75, 3.05) is 18.9 Å². The Balaban J connectivity index is 0.00000144. The molecule has 0 bridgehead atoms. The second-order valence-electron chi connectivity index (χ2n) is 4.44. The number of hydrogen-bond acceptors (Lipinski definition) is 3. The van der Waals surface area contributed by atoms with Crippen molar-refractivity contribution in [1.29, 1.82) is 0 Å². The van der Waals surface area contributed by atoms with Gasteiger partial charge in [0.15, 0.2) is 0 Å². The number of rotatable bonds is 2. The fourth-order valence-corrected chi connectivity index (χ4v) is 1.79. The zero-order valence-electron chi connectivity index (χ0n) is 9.73. The molecule has 1 aromatic rings. The Bertz CT molecular complexity index is 403. The molecule has 4 nitrogen and oxygen atoms in total. The van der Waals surface area contributed by atoms with Crippen molar-refractivity contribution in [3.05, 3.63) is 29.8 Å². The Labute approximate surface area is 107 Å². The number of ether oxygens (including phenoxy) is 1. The van der Waals surface area contributed by atoms with Crippen LogP contribution < -0.4 is 11.1 Å². The van der Waals surface area contributed by atoms with Gasteiger partial charge in [-0.1, -0.05) is 6.07 Å². The monoisotopic (exact) mass is 256 g/mol. The molecular formula is C12H17ClN2O2. The largest absolute Gasteiger partial charge is 0.399 e. The second kappa shape index (κ2) is 5.38. The summed E-state index contributed by atoms with van der Waals surface area (Å²) in [5.41, 5.74) is 6.57. The predicted octanol–water partition coefficient (Wildman–Crippen LogP) is 1.60. The van der Waals surface area contributed by atoms with Crippen LogP contribution in [0.3, 0.4) is 0 Å². The molecule has 1 aliphatic rings. The van der Waals surface area contributed by atoms with Gasteiger partial charge in [0.1, 0.15) is 0 Å². The van der Waals surface area contributed by atoms with Gasteiger partial charge in [-0.3, -0.25) is 4.79 Å². The summed E-state index contributed by atoms with van der Waals surface area (Å²) in [7, 11) is 0. The average molecular weight is 257 g/mol. The van der Waals surface area contributed by atoms with Gasteiger partial charge in [-0.2, -0.15) is 0 Å². The number of carbonyl (C=O) groups is 1. The van der Waals surface area contributed by atoms with E-state index in [0.717, 1.165) is 6.42 Å². The quantitative estimate of drug-likeness (QED) is 0.790. The van der Waals surface area contributed by atoms with Gasteiger partial charge in [0.2, 0.25) is 0 Å². The fourth-order valence-electron chi connectivity index (χ4n) is 1.79. The Hall–Kier alpha value is -1.26. The molecule has 1 aromatic carbocycles. The lowest BCUT2D eigenvalue weighted by Crippen LogP contribution is -2.46. The Morgan fingerprint density at radius 1 is 1.53 bits per heavy atom. The molecule has 5 heteroatoms. The van der Waals surface area contributed by atoms with Crippen LogP contribution in [0.1, 0.15) is 23.7 Å². The highest BCUT2D eigenvalue weighted by Crippen LogP contribution is 2.18. The van der Waals surface area contributed by atoms with Crippen LogP contribution in [0, 0.1) is 0 Å². The Kier molecular flexibility index (Phi) is 4.37. The molecule has 1 heterocycles. The molecule has 0 aromatic heterocycles. The topological polar surface area (TPSA) is 64.4 Å². The molecule has 1 unspecified atom stereocenters. The van der Waals surface area contributed by atoms with Crippen molar-refractivity contribution < 1.29 is 9.53 Å². The van der Waals surface area contributed by atoms with Crippen LogP contribution in [0.15, 0.2) is 24.3 Å². The van der Waals surface area contributed by atoms with Gasteiger partial charge in [-0.25, -0.2) is 0 Å². The van der Waals surface area contributed by atoms with Crippen LogP contribution in [0.25, 0.3) is 0 Å². The summed E-state index contributed by atoms with van der Waals surface area (Å²) in [6.45, 7) is 3.26. The summed E-state index contributed by atoms with van der Waals surface area (Å²) < 4.78 is 5.28. The van der Waals surface area contributed by atoms with Gasteiger partial charge in [0.05, 0.1) is 12.1 Å². The first kappa shape index (κ1) is 13.8. The standard InChI is InChI=1S/C12H16N2O2.ClH/c1-12(5-6-16-8-12)14-11(15)9-3-2-4-10(13)7-9;/h2-4,7H,5-6,8,13H2,1H3,(H,14,15);1H. The van der Waals surface area contributed by atoms with Crippen LogP contribution in [0.2, 0.25) is 0 Å². The van der Waals surface area contributed by atoms with Crippen molar-refractivity contribution in [3.63, 3.8) is 0 Å². The van der Waals surface area contributed by atoms with E-state index >= 15 is 0 Å². The van der Waals surface area contributed by atoms with Crippen molar-refractivity contribution >= 4 is 24.0 Å². The molecule has 0 saturated carbocycles. The summed E-state index contributed by atoms with van der Waals surface area (Å²) in [5.74, 6) is -0.0969. The van der Waals surface area contributed by atoms with Crippen LogP contribution >= 0.6 is 12.4 Å². The predicted molar refractivity (Wildman–Crippen MR) is 69.4 cm³/mol. The number of halogens is 1. The minimum Gasteiger partial charge on any atom is -0.399 e. The highest BCUT2D eigenvalue weighted by Gasteiger charge is 2.31. The molecule has 0 spiro atoms. The highest BCUT2D eigenvalue weighted by atomic mass is 35.5. The van der Waals surface area contributed by atoms with Gasteiger partial charge >= 0.3 is 0 Å². The number of carbonyl (C=O) groups excluding carboxylic acids is 1. The van der Waals surface area contributed by atoms with E-state index in [1.54, 1.807) is 24.3 Å². The average Bonchev–Trinajstić information content (AvgIpc) is 2.65. The lowest BCUT2D eigenvalue weighted by Gasteiger charge is -2.23. The number of amides is 1. The molecule has 1 saturated heterocycles. The lowest BCUT2D eigenvalue weighted by molar-refractivity contribution is 0.0890. The summed E-state index contributed by atoms with van der Waals surface area (Å²) in [6, 6.07) is 6.97. The van der Waals surface area contributed by atoms with Crippen LogP contribution in [-0.2, 0) is 4.74 Å². The lowest BCUT2D eigenvalue weighted by atomic mass is 10.0. The zero-order chi connectivity index (χ0) is 11.6. The van der Waals surface area contributed by atoms with Gasteiger partial charge in [-0.15, -0.1) is 12.4 Å². The third-order valence-electron chi connectivity index (χ3n) is 2.78. The normalized spacial score (nSPS) is 22.9. The fraction of sp³-hybridized carbons (Fsp3) is 0.417. The van der Waals surface area contributed by atoms with E-state index in [9.17, 15) is 4.79 Å². The number of nitrogens with one attached hydrogen (secondary N) is 1. The first-order valence-corrected chi connectivity index (χ1v) is 5.35. The molecule has 1 aliphatic heterocycles. The molecule has 17 heavy (non-hydrogen) atoms. The van der Waals surface area contributed by atoms with E-state index in [0.29, 0.717) is 24.5 Å². The van der Waals surface area contributed by atoms with E-state index in [-0.39, 0.29) is 23.9 Å². The maximum absolute atomic E-state index is 11.9. The summed E-state index contributed by atoms with van der Waals surface area (Å²) in [4.78, 5) is 11.9. The van der Waals surface area contributed by atoms with Crippen LogP contribution in [0.4, 0.5) is 5.69 Å². The smallest absolute Gasteiger partial charge is 0.251 e. The highest BCUT2D eigenvalue weighted by molar-refractivity contribution is 5.95. The molecule has 1 fully saturated rings. The molecule has 2 rings (SSSR count). The summed E-state index contributed by atoms with van der Waals surface area (Å²) in [5, 5.41) is 2.98. The van der Waals surface area contributed by atoms with E-state index in [1.807, 2.05) is 6.92 Å². The van der Waals surface area contributed by atoms with Crippen molar-refractivity contribution in [2.24, 2.45) is 0 Å². The molecule has 0 radical (unpaired) electrons. The zero-order valence-corrected chi connectivity index (χ0v) is 10.5. The van der Waals surface area contributed by atoms with Gasteiger partial charge in [0, 0.05) is 17.9 Å². The number of anilines is 1. The summed E-state index contributed by atoms with van der Waals surface area (Å²) in [6.07, 6.45) is 0.848. The van der Waals surface area contributed by atoms with Gasteiger partial charge in [-0.05, 0) is 31.5 Å². The van der Waals surface area contributed by atoms with Gasteiger partial charge < -0.3 is 15.8 Å². The number of nitrogens with two attached hydrogens (primary N) is 1. The third kappa shape index (κ3) is 3.35. The number of nitrogen functional groups attached to an aromatic ring is 1. The van der Waals surface area contributed by atoms with E-state index in [1.165, 1.54) is 0 Å². The molecular weight excluding hydrogens is 240 g/mol. The van der Waals surface area contributed by atoms with Gasteiger partial charge in [0.25, 0.3) is 5.91 Å². The number of hydrogen-bond donors (Lipinski definition) is 2. The second-order valence-corrected chi connectivity index (χ2v) is 4.44. The van der Waals surface area contributed by atoms with Crippen molar-refractivity contribution in [3.8, 4) is 0 Å². The maximum Gasteiger partial charge on any atom is 0.251 e. The minimum atomic E-state index is -0.248. The molecule has 1 amide bonds. The first-order chi connectivity index (χ1) is 7.59. The van der Waals surface area contributed by atoms with E-state index in [2.05, 4.69) is 5.32 Å². The van der Waals surface area contributed by atoms with Crippen molar-refractivity contribution in [2.45, 2.75) is 18.9 Å². The maximum atomic E-state index is 11.9. The first-order valence-electron chi connectivity index (χ1n) is 5.35. The Morgan fingerprint density at radius 2 is 2.29 bits per heavy atom. The number of benzene rings is 1. The third-order valence-corrected chi connectivity index (χ3v) is 2.78. The molecule has 94 valence electrons.